The lowest BCUT2D eigenvalue weighted by molar-refractivity contribution is 0.401. The van der Waals surface area contributed by atoms with E-state index in [9.17, 15) is 0 Å². The van der Waals surface area contributed by atoms with Gasteiger partial charge in [-0.1, -0.05) is 29.8 Å². The summed E-state index contributed by atoms with van der Waals surface area (Å²) in [5, 5.41) is 0. The van der Waals surface area contributed by atoms with E-state index >= 15 is 0 Å². The van der Waals surface area contributed by atoms with Gasteiger partial charge in [-0.15, -0.1) is 0 Å². The highest BCUT2D eigenvalue weighted by molar-refractivity contribution is 9.10. The largest absolute Gasteiger partial charge is 0.497 e. The van der Waals surface area contributed by atoms with Gasteiger partial charge in [0.05, 0.1) is 7.11 Å². The summed E-state index contributed by atoms with van der Waals surface area (Å²) in [7, 11) is 1.73. The van der Waals surface area contributed by atoms with Crippen LogP contribution < -0.4 is 4.74 Å². The summed E-state index contributed by atoms with van der Waals surface area (Å²) < 4.78 is 6.52. The van der Waals surface area contributed by atoms with Crippen molar-refractivity contribution in [2.75, 3.05) is 7.11 Å². The average Bonchev–Trinajstić information content (AvgIpc) is 2.18. The molecule has 1 aliphatic rings. The number of methoxy groups -OCH3 is 1. The smallest absolute Gasteiger partial charge is 0.120 e. The second kappa shape index (κ2) is 3.82. The fourth-order valence-electron chi connectivity index (χ4n) is 2.43. The third kappa shape index (κ3) is 1.92. The molecule has 0 saturated carbocycles. The predicted molar refractivity (Wildman–Crippen MR) is 66.7 cm³/mol. The normalized spacial score (nSPS) is 18.4. The molecule has 0 aliphatic heterocycles. The zero-order valence-corrected chi connectivity index (χ0v) is 11.1. The molecule has 0 amide bonds. The van der Waals surface area contributed by atoms with Crippen molar-refractivity contribution in [3.63, 3.8) is 0 Å². The number of fused-ring (bicyclic) bond motifs is 1. The molecule has 0 atom stereocenters. The fraction of sp³-hybridized carbons (Fsp3) is 0.538. The lowest BCUT2D eigenvalue weighted by atomic mass is 9.73. The van der Waals surface area contributed by atoms with Crippen molar-refractivity contribution >= 4 is 15.9 Å². The van der Waals surface area contributed by atoms with Gasteiger partial charge in [0.15, 0.2) is 0 Å². The summed E-state index contributed by atoms with van der Waals surface area (Å²) in [6, 6.07) is 4.26. The van der Waals surface area contributed by atoms with Gasteiger partial charge >= 0.3 is 0 Å². The van der Waals surface area contributed by atoms with Crippen LogP contribution in [0.15, 0.2) is 16.6 Å². The summed E-state index contributed by atoms with van der Waals surface area (Å²) in [6.07, 6.45) is 3.73. The summed E-state index contributed by atoms with van der Waals surface area (Å²) in [5.74, 6) is 0.954. The van der Waals surface area contributed by atoms with Crippen molar-refractivity contribution in [2.24, 2.45) is 0 Å². The van der Waals surface area contributed by atoms with E-state index in [1.807, 2.05) is 0 Å². The van der Waals surface area contributed by atoms with E-state index in [4.69, 9.17) is 4.74 Å². The Bertz CT molecular complexity index is 382. The van der Waals surface area contributed by atoms with Gasteiger partial charge in [0, 0.05) is 4.47 Å². The van der Waals surface area contributed by atoms with E-state index in [0.29, 0.717) is 0 Å². The van der Waals surface area contributed by atoms with Gasteiger partial charge in [-0.3, -0.25) is 0 Å². The lowest BCUT2D eigenvalue weighted by Gasteiger charge is -2.33. The zero-order chi connectivity index (χ0) is 11.1. The van der Waals surface area contributed by atoms with Crippen LogP contribution in [0.4, 0.5) is 0 Å². The van der Waals surface area contributed by atoms with Crippen molar-refractivity contribution in [3.05, 3.63) is 27.7 Å². The Labute approximate surface area is 100.0 Å². The molecule has 2 rings (SSSR count). The van der Waals surface area contributed by atoms with Crippen LogP contribution in [0, 0.1) is 0 Å². The lowest BCUT2D eigenvalue weighted by Crippen LogP contribution is -2.24. The standard InChI is InChI=1S/C13H17BrO/c1-13(2)6-4-5-10-11(13)7-9(15-3)8-12(10)14/h7-8H,4-6H2,1-3H3. The van der Waals surface area contributed by atoms with Crippen LogP contribution in [-0.2, 0) is 11.8 Å². The number of halogens is 1. The Morgan fingerprint density at radius 1 is 1.33 bits per heavy atom. The Morgan fingerprint density at radius 3 is 2.73 bits per heavy atom. The molecule has 0 aromatic heterocycles. The molecule has 2 heteroatoms. The van der Waals surface area contributed by atoms with Crippen LogP contribution in [0.1, 0.15) is 37.8 Å². The van der Waals surface area contributed by atoms with Crippen LogP contribution in [0.2, 0.25) is 0 Å². The highest BCUT2D eigenvalue weighted by atomic mass is 79.9. The third-order valence-corrected chi connectivity index (χ3v) is 4.07. The van der Waals surface area contributed by atoms with Crippen LogP contribution in [-0.4, -0.2) is 7.11 Å². The first-order chi connectivity index (χ1) is 7.04. The van der Waals surface area contributed by atoms with Crippen LogP contribution in [0.25, 0.3) is 0 Å². The first-order valence-corrected chi connectivity index (χ1v) is 6.21. The molecule has 1 aliphatic carbocycles. The van der Waals surface area contributed by atoms with Gasteiger partial charge in [0.25, 0.3) is 0 Å². The quantitative estimate of drug-likeness (QED) is 0.746. The molecule has 0 N–H and O–H groups in total. The SMILES string of the molecule is COc1cc(Br)c2c(c1)C(C)(C)CCC2. The Kier molecular flexibility index (Phi) is 2.80. The van der Waals surface area contributed by atoms with E-state index in [1.165, 1.54) is 34.9 Å². The fourth-order valence-corrected chi connectivity index (χ4v) is 3.07. The van der Waals surface area contributed by atoms with Crippen LogP contribution in [0.5, 0.6) is 5.75 Å². The van der Waals surface area contributed by atoms with E-state index < -0.39 is 0 Å². The van der Waals surface area contributed by atoms with Crippen molar-refractivity contribution in [3.8, 4) is 5.75 Å². The van der Waals surface area contributed by atoms with Crippen molar-refractivity contribution in [2.45, 2.75) is 38.5 Å². The van der Waals surface area contributed by atoms with E-state index in [-0.39, 0.29) is 5.41 Å². The van der Waals surface area contributed by atoms with Crippen LogP contribution in [0.3, 0.4) is 0 Å². The second-order valence-electron chi connectivity index (χ2n) is 4.87. The molecule has 0 radical (unpaired) electrons. The first-order valence-electron chi connectivity index (χ1n) is 5.41. The van der Waals surface area contributed by atoms with Gasteiger partial charge in [-0.2, -0.15) is 0 Å². The molecule has 1 aromatic carbocycles. The second-order valence-corrected chi connectivity index (χ2v) is 5.73. The minimum Gasteiger partial charge on any atom is -0.497 e. The molecule has 15 heavy (non-hydrogen) atoms. The monoisotopic (exact) mass is 268 g/mol. The predicted octanol–water partition coefficient (Wildman–Crippen LogP) is 4.07. The van der Waals surface area contributed by atoms with Gasteiger partial charge in [-0.05, 0) is 47.9 Å². The maximum absolute atomic E-state index is 5.32. The van der Waals surface area contributed by atoms with Gasteiger partial charge in [0.2, 0.25) is 0 Å². The average molecular weight is 269 g/mol. The molecule has 0 bridgehead atoms. The summed E-state index contributed by atoms with van der Waals surface area (Å²) >= 11 is 3.65. The first kappa shape index (κ1) is 11.0. The topological polar surface area (TPSA) is 9.23 Å². The molecule has 1 aromatic rings. The maximum atomic E-state index is 5.32. The highest BCUT2D eigenvalue weighted by Crippen LogP contribution is 2.41. The molecular weight excluding hydrogens is 252 g/mol. The maximum Gasteiger partial charge on any atom is 0.120 e. The summed E-state index contributed by atoms with van der Waals surface area (Å²) in [6.45, 7) is 4.63. The minimum absolute atomic E-state index is 0.282. The minimum atomic E-state index is 0.282. The Balaban J connectivity index is 2.59. The zero-order valence-electron chi connectivity index (χ0n) is 9.56. The van der Waals surface area contributed by atoms with Crippen molar-refractivity contribution in [1.29, 1.82) is 0 Å². The van der Waals surface area contributed by atoms with E-state index in [0.717, 1.165) is 5.75 Å². The van der Waals surface area contributed by atoms with Gasteiger partial charge in [-0.25, -0.2) is 0 Å². The number of hydrogen-bond acceptors (Lipinski definition) is 1. The van der Waals surface area contributed by atoms with Crippen molar-refractivity contribution in [1.82, 2.24) is 0 Å². The number of benzene rings is 1. The van der Waals surface area contributed by atoms with Gasteiger partial charge in [0.1, 0.15) is 5.75 Å². The van der Waals surface area contributed by atoms with Crippen LogP contribution >= 0.6 is 15.9 Å². The number of hydrogen-bond donors (Lipinski definition) is 0. The molecule has 0 heterocycles. The Morgan fingerprint density at radius 2 is 2.07 bits per heavy atom. The summed E-state index contributed by atoms with van der Waals surface area (Å²) in [4.78, 5) is 0. The molecule has 0 saturated heterocycles. The third-order valence-electron chi connectivity index (χ3n) is 3.36. The van der Waals surface area contributed by atoms with Gasteiger partial charge < -0.3 is 4.74 Å². The molecular formula is C13H17BrO. The number of ether oxygens (including phenoxy) is 1. The molecule has 0 spiro atoms. The van der Waals surface area contributed by atoms with E-state index in [2.05, 4.69) is 41.9 Å². The van der Waals surface area contributed by atoms with Crippen molar-refractivity contribution < 1.29 is 4.74 Å². The molecule has 82 valence electrons. The Hall–Kier alpha value is -0.500. The highest BCUT2D eigenvalue weighted by Gasteiger charge is 2.29. The number of rotatable bonds is 1. The molecule has 0 fully saturated rings. The molecule has 0 unspecified atom stereocenters. The summed E-state index contributed by atoms with van der Waals surface area (Å²) in [5.41, 5.74) is 3.19. The van der Waals surface area contributed by atoms with E-state index in [1.54, 1.807) is 7.11 Å². The molecule has 1 nitrogen and oxygen atoms in total.